The third-order valence-corrected chi connectivity index (χ3v) is 3.08. The van der Waals surface area contributed by atoms with E-state index in [-0.39, 0.29) is 5.82 Å². The Kier molecular flexibility index (Phi) is 4.27. The molecule has 0 bridgehead atoms. The maximum absolute atomic E-state index is 13.4. The lowest BCUT2D eigenvalue weighted by atomic mass is 9.97. The van der Waals surface area contributed by atoms with Crippen LogP contribution in [-0.4, -0.2) is 11.0 Å². The van der Waals surface area contributed by atoms with E-state index in [4.69, 9.17) is 0 Å². The molecule has 0 spiro atoms. The Balaban J connectivity index is 2.42. The minimum absolute atomic E-state index is 0.198. The van der Waals surface area contributed by atoms with E-state index in [9.17, 15) is 4.39 Å². The number of nitrogens with one attached hydrogen (secondary N) is 1. The van der Waals surface area contributed by atoms with Gasteiger partial charge in [-0.15, -0.1) is 0 Å². The molecule has 1 aromatic carbocycles. The Bertz CT molecular complexity index is 564. The lowest BCUT2D eigenvalue weighted by Crippen LogP contribution is -2.22. The largest absolute Gasteiger partial charge is 0.310 e. The van der Waals surface area contributed by atoms with Crippen LogP contribution in [0.1, 0.15) is 25.0 Å². The highest BCUT2D eigenvalue weighted by molar-refractivity contribution is 5.70. The number of benzene rings is 1. The predicted molar refractivity (Wildman–Crippen MR) is 76.3 cm³/mol. The molecule has 0 aliphatic rings. The highest BCUT2D eigenvalue weighted by Gasteiger charge is 2.09. The number of nitrogens with zero attached hydrogens (tertiary/aromatic N) is 1. The van der Waals surface area contributed by atoms with Gasteiger partial charge in [-0.3, -0.25) is 4.98 Å². The summed E-state index contributed by atoms with van der Waals surface area (Å²) in [6.45, 7) is 6.84. The standard InChI is InChI=1S/C16H19FN2/c1-11(2)19-10-13-8-14(17)4-5-16(13)15-6-7-18-9-12(15)3/h4-9,11,19H,10H2,1-3H3. The fourth-order valence-electron chi connectivity index (χ4n) is 2.06. The zero-order valence-corrected chi connectivity index (χ0v) is 11.6. The van der Waals surface area contributed by atoms with Crippen LogP contribution in [0.2, 0.25) is 0 Å². The molecule has 1 aromatic heterocycles. The molecule has 0 atom stereocenters. The SMILES string of the molecule is Cc1cnccc1-c1ccc(F)cc1CNC(C)C. The number of halogens is 1. The number of aromatic nitrogens is 1. The summed E-state index contributed by atoms with van der Waals surface area (Å²) in [4.78, 5) is 4.10. The van der Waals surface area contributed by atoms with Gasteiger partial charge in [0, 0.05) is 25.0 Å². The zero-order chi connectivity index (χ0) is 13.8. The van der Waals surface area contributed by atoms with E-state index in [1.807, 2.05) is 25.3 Å². The second kappa shape index (κ2) is 5.93. The van der Waals surface area contributed by atoms with Gasteiger partial charge in [0.25, 0.3) is 0 Å². The summed E-state index contributed by atoms with van der Waals surface area (Å²) in [5.41, 5.74) is 4.24. The van der Waals surface area contributed by atoms with E-state index in [0.717, 1.165) is 22.3 Å². The quantitative estimate of drug-likeness (QED) is 0.904. The average Bonchev–Trinajstić information content (AvgIpc) is 2.37. The highest BCUT2D eigenvalue weighted by atomic mass is 19.1. The van der Waals surface area contributed by atoms with E-state index < -0.39 is 0 Å². The summed E-state index contributed by atoms with van der Waals surface area (Å²) in [5.74, 6) is -0.198. The van der Waals surface area contributed by atoms with Gasteiger partial charge in [-0.25, -0.2) is 4.39 Å². The maximum Gasteiger partial charge on any atom is 0.123 e. The van der Waals surface area contributed by atoms with Gasteiger partial charge in [-0.1, -0.05) is 19.9 Å². The summed E-state index contributed by atoms with van der Waals surface area (Å²) in [6.07, 6.45) is 3.60. The summed E-state index contributed by atoms with van der Waals surface area (Å²) >= 11 is 0. The first-order chi connectivity index (χ1) is 9.08. The molecule has 19 heavy (non-hydrogen) atoms. The van der Waals surface area contributed by atoms with Crippen LogP contribution in [0.3, 0.4) is 0 Å². The van der Waals surface area contributed by atoms with Crippen LogP contribution < -0.4 is 5.32 Å². The molecule has 0 amide bonds. The lowest BCUT2D eigenvalue weighted by Gasteiger charge is -2.14. The molecular weight excluding hydrogens is 239 g/mol. The second-order valence-corrected chi connectivity index (χ2v) is 5.03. The van der Waals surface area contributed by atoms with E-state index in [1.54, 1.807) is 12.3 Å². The molecule has 0 saturated carbocycles. The van der Waals surface area contributed by atoms with Gasteiger partial charge < -0.3 is 5.32 Å². The Morgan fingerprint density at radius 2 is 2.00 bits per heavy atom. The summed E-state index contributed by atoms with van der Waals surface area (Å²) in [6, 6.07) is 7.30. The Hall–Kier alpha value is -1.74. The smallest absolute Gasteiger partial charge is 0.123 e. The molecule has 1 N–H and O–H groups in total. The van der Waals surface area contributed by atoms with Gasteiger partial charge in [-0.05, 0) is 47.4 Å². The molecule has 3 heteroatoms. The minimum Gasteiger partial charge on any atom is -0.310 e. The molecular formula is C16H19FN2. The van der Waals surface area contributed by atoms with Crippen molar-refractivity contribution in [3.8, 4) is 11.1 Å². The molecule has 0 fully saturated rings. The lowest BCUT2D eigenvalue weighted by molar-refractivity contribution is 0.582. The third kappa shape index (κ3) is 3.38. The topological polar surface area (TPSA) is 24.9 Å². The zero-order valence-electron chi connectivity index (χ0n) is 11.6. The molecule has 0 unspecified atom stereocenters. The van der Waals surface area contributed by atoms with Crippen LogP contribution in [0.25, 0.3) is 11.1 Å². The fraction of sp³-hybridized carbons (Fsp3) is 0.312. The van der Waals surface area contributed by atoms with Crippen LogP contribution in [-0.2, 0) is 6.54 Å². The number of pyridine rings is 1. The van der Waals surface area contributed by atoms with Crippen LogP contribution in [0.4, 0.5) is 4.39 Å². The fourth-order valence-corrected chi connectivity index (χ4v) is 2.06. The molecule has 0 aliphatic carbocycles. The molecule has 0 radical (unpaired) electrons. The van der Waals surface area contributed by atoms with Crippen molar-refractivity contribution in [3.63, 3.8) is 0 Å². The van der Waals surface area contributed by atoms with Crippen molar-refractivity contribution < 1.29 is 4.39 Å². The van der Waals surface area contributed by atoms with Crippen LogP contribution in [0.5, 0.6) is 0 Å². The molecule has 0 saturated heterocycles. The molecule has 0 aliphatic heterocycles. The van der Waals surface area contributed by atoms with Crippen molar-refractivity contribution in [2.75, 3.05) is 0 Å². The van der Waals surface area contributed by atoms with E-state index in [2.05, 4.69) is 24.1 Å². The highest BCUT2D eigenvalue weighted by Crippen LogP contribution is 2.27. The second-order valence-electron chi connectivity index (χ2n) is 5.03. The van der Waals surface area contributed by atoms with Crippen molar-refractivity contribution in [2.45, 2.75) is 33.4 Å². The van der Waals surface area contributed by atoms with Gasteiger partial charge in [0.2, 0.25) is 0 Å². The van der Waals surface area contributed by atoms with Crippen molar-refractivity contribution in [2.24, 2.45) is 0 Å². The normalized spacial score (nSPS) is 11.0. The maximum atomic E-state index is 13.4. The van der Waals surface area contributed by atoms with Gasteiger partial charge >= 0.3 is 0 Å². The number of rotatable bonds is 4. The number of aryl methyl sites for hydroxylation is 1. The minimum atomic E-state index is -0.198. The van der Waals surface area contributed by atoms with E-state index >= 15 is 0 Å². The van der Waals surface area contributed by atoms with Crippen LogP contribution in [0.15, 0.2) is 36.7 Å². The predicted octanol–water partition coefficient (Wildman–Crippen LogP) is 3.69. The first-order valence-electron chi connectivity index (χ1n) is 6.50. The molecule has 2 aromatic rings. The Morgan fingerprint density at radius 1 is 1.21 bits per heavy atom. The van der Waals surface area contributed by atoms with Crippen molar-refractivity contribution in [1.29, 1.82) is 0 Å². The first-order valence-corrected chi connectivity index (χ1v) is 6.50. The van der Waals surface area contributed by atoms with Crippen LogP contribution >= 0.6 is 0 Å². The van der Waals surface area contributed by atoms with Crippen molar-refractivity contribution in [1.82, 2.24) is 10.3 Å². The number of hydrogen-bond acceptors (Lipinski definition) is 2. The molecule has 1 heterocycles. The summed E-state index contributed by atoms with van der Waals surface area (Å²) in [5, 5.41) is 3.34. The first kappa shape index (κ1) is 13.7. The molecule has 100 valence electrons. The summed E-state index contributed by atoms with van der Waals surface area (Å²) < 4.78 is 13.4. The van der Waals surface area contributed by atoms with E-state index in [1.165, 1.54) is 6.07 Å². The third-order valence-electron chi connectivity index (χ3n) is 3.08. The van der Waals surface area contributed by atoms with Gasteiger partial charge in [0.15, 0.2) is 0 Å². The van der Waals surface area contributed by atoms with E-state index in [0.29, 0.717) is 12.6 Å². The van der Waals surface area contributed by atoms with Crippen molar-refractivity contribution >= 4 is 0 Å². The van der Waals surface area contributed by atoms with Gasteiger partial charge in [-0.2, -0.15) is 0 Å². The number of hydrogen-bond donors (Lipinski definition) is 1. The van der Waals surface area contributed by atoms with Gasteiger partial charge in [0.1, 0.15) is 5.82 Å². The Morgan fingerprint density at radius 3 is 2.68 bits per heavy atom. The average molecular weight is 258 g/mol. The van der Waals surface area contributed by atoms with Crippen molar-refractivity contribution in [3.05, 3.63) is 53.6 Å². The molecule has 2 nitrogen and oxygen atoms in total. The monoisotopic (exact) mass is 258 g/mol. The molecule has 2 rings (SSSR count). The Labute approximate surface area is 113 Å². The van der Waals surface area contributed by atoms with Gasteiger partial charge in [0.05, 0.1) is 0 Å². The summed E-state index contributed by atoms with van der Waals surface area (Å²) in [7, 11) is 0. The van der Waals surface area contributed by atoms with Crippen LogP contribution in [0, 0.1) is 12.7 Å².